The van der Waals surface area contributed by atoms with Crippen LogP contribution in [0.3, 0.4) is 0 Å². The molecule has 6 rings (SSSR count). The molecule has 5 aromatic rings. The highest BCUT2D eigenvalue weighted by Gasteiger charge is 2.35. The summed E-state index contributed by atoms with van der Waals surface area (Å²) in [5, 5.41) is 5.97. The molecule has 45 heavy (non-hydrogen) atoms. The SMILES string of the molecule is Cn1nc2nc1-c1cc(ccc1F)Oc1c(F)c(F)c3[nH]ccc3c1/C=C\S(=O)(=O)CC(C)(C)CCC[C@]2(C)c1ccccc1. The number of sulfone groups is 1. The van der Waals surface area contributed by atoms with Crippen molar-refractivity contribution < 1.29 is 26.3 Å². The molecule has 0 radical (unpaired) electrons. The van der Waals surface area contributed by atoms with Gasteiger partial charge in [-0.05, 0) is 61.1 Å². The van der Waals surface area contributed by atoms with E-state index in [0.29, 0.717) is 25.1 Å². The first-order valence-corrected chi connectivity index (χ1v) is 16.3. The number of benzene rings is 3. The smallest absolute Gasteiger partial charge is 0.204 e. The van der Waals surface area contributed by atoms with Gasteiger partial charge in [0.15, 0.2) is 33.1 Å². The molecule has 0 saturated carbocycles. The number of rotatable bonds is 1. The number of fused-ring (bicyclic) bond motifs is 8. The molecule has 1 aliphatic heterocycles. The number of nitrogens with one attached hydrogen (secondary N) is 1. The topological polar surface area (TPSA) is 89.9 Å². The Balaban J connectivity index is 1.57. The lowest BCUT2D eigenvalue weighted by Gasteiger charge is -2.30. The summed E-state index contributed by atoms with van der Waals surface area (Å²) in [5.41, 5.74) is -0.386. The van der Waals surface area contributed by atoms with Crippen LogP contribution in [0.4, 0.5) is 13.2 Å². The summed E-state index contributed by atoms with van der Waals surface area (Å²) in [6.07, 6.45) is 4.49. The van der Waals surface area contributed by atoms with Crippen LogP contribution in [0, 0.1) is 22.9 Å². The fourth-order valence-corrected chi connectivity index (χ4v) is 7.82. The van der Waals surface area contributed by atoms with Crippen molar-refractivity contribution in [2.24, 2.45) is 12.5 Å². The second-order valence-electron chi connectivity index (χ2n) is 12.6. The van der Waals surface area contributed by atoms with E-state index in [2.05, 4.69) is 4.98 Å². The van der Waals surface area contributed by atoms with Crippen LogP contribution in [0.15, 0.2) is 66.2 Å². The summed E-state index contributed by atoms with van der Waals surface area (Å²) >= 11 is 0. The Morgan fingerprint density at radius 1 is 0.978 bits per heavy atom. The number of nitrogens with zero attached hydrogens (tertiary/aromatic N) is 3. The van der Waals surface area contributed by atoms with E-state index in [-0.39, 0.29) is 39.4 Å². The van der Waals surface area contributed by atoms with Gasteiger partial charge in [-0.2, -0.15) is 9.49 Å². The predicted molar refractivity (Wildman–Crippen MR) is 168 cm³/mol. The lowest BCUT2D eigenvalue weighted by atomic mass is 9.75. The minimum atomic E-state index is -3.81. The molecule has 1 atom stereocenters. The average Bonchev–Trinajstić information content (AvgIpc) is 3.63. The van der Waals surface area contributed by atoms with E-state index in [9.17, 15) is 8.42 Å². The Labute approximate surface area is 259 Å². The van der Waals surface area contributed by atoms with Gasteiger partial charge in [-0.15, -0.1) is 0 Å². The fourth-order valence-electron chi connectivity index (χ4n) is 6.15. The van der Waals surface area contributed by atoms with Crippen molar-refractivity contribution in [3.63, 3.8) is 0 Å². The van der Waals surface area contributed by atoms with Crippen molar-refractivity contribution in [3.8, 4) is 22.9 Å². The summed E-state index contributed by atoms with van der Waals surface area (Å²) in [4.78, 5) is 7.48. The molecule has 0 fully saturated rings. The van der Waals surface area contributed by atoms with Crippen molar-refractivity contribution in [1.29, 1.82) is 0 Å². The number of hydrogen-bond acceptors (Lipinski definition) is 5. The van der Waals surface area contributed by atoms with E-state index in [1.807, 2.05) is 51.1 Å². The molecule has 0 unspecified atom stereocenters. The Morgan fingerprint density at radius 3 is 2.49 bits per heavy atom. The molecule has 11 heteroatoms. The maximum Gasteiger partial charge on any atom is 0.204 e. The fraction of sp³-hybridized carbons (Fsp3) is 0.294. The van der Waals surface area contributed by atoms with Crippen LogP contribution in [0.1, 0.15) is 57.0 Å². The standard InChI is InChI=1S/C34H33F3N4O3S/c1-33(2)15-8-16-34(3,21-9-6-5-7-10-21)32-39-31(41(4)40-32)25-19-22(11-12-26(25)35)44-30-24(14-18-45(42,43)20-33)23-13-17-38-29(23)27(36)28(30)37/h5-7,9-14,17-19,38H,8,15-16,20H2,1-4H3/b18-14-/t34-/m1/s1. The van der Waals surface area contributed by atoms with E-state index < -0.39 is 43.9 Å². The molecule has 4 bridgehead atoms. The van der Waals surface area contributed by atoms with Crippen LogP contribution in [0.5, 0.6) is 11.5 Å². The van der Waals surface area contributed by atoms with E-state index in [4.69, 9.17) is 14.8 Å². The molecular weight excluding hydrogens is 601 g/mol. The normalized spacial score (nSPS) is 20.5. The van der Waals surface area contributed by atoms with Gasteiger partial charge in [-0.3, -0.25) is 0 Å². The van der Waals surface area contributed by atoms with E-state index in [1.54, 1.807) is 7.05 Å². The van der Waals surface area contributed by atoms with Gasteiger partial charge in [-0.25, -0.2) is 26.9 Å². The molecule has 1 aliphatic rings. The summed E-state index contributed by atoms with van der Waals surface area (Å²) in [6, 6.07) is 15.1. The highest BCUT2D eigenvalue weighted by atomic mass is 32.2. The number of aromatic amines is 1. The van der Waals surface area contributed by atoms with Crippen LogP contribution in [0.2, 0.25) is 0 Å². The van der Waals surface area contributed by atoms with Gasteiger partial charge in [0, 0.05) is 29.6 Å². The zero-order valence-electron chi connectivity index (χ0n) is 25.4. The lowest BCUT2D eigenvalue weighted by Crippen LogP contribution is -2.28. The summed E-state index contributed by atoms with van der Waals surface area (Å²) in [5.74, 6) is -3.11. The molecular formula is C34H33F3N4O3S. The summed E-state index contributed by atoms with van der Waals surface area (Å²) in [7, 11) is -2.14. The van der Waals surface area contributed by atoms with Gasteiger partial charge >= 0.3 is 0 Å². The molecule has 0 amide bonds. The first kappa shape index (κ1) is 30.6. The second kappa shape index (κ2) is 11.2. The Hall–Kier alpha value is -4.38. The van der Waals surface area contributed by atoms with E-state index in [1.165, 1.54) is 35.2 Å². The van der Waals surface area contributed by atoms with Crippen molar-refractivity contribution in [2.75, 3.05) is 5.75 Å². The monoisotopic (exact) mass is 634 g/mol. The number of H-pyrrole nitrogens is 1. The minimum absolute atomic E-state index is 0.00489. The molecule has 234 valence electrons. The predicted octanol–water partition coefficient (Wildman–Crippen LogP) is 8.07. The second-order valence-corrected chi connectivity index (χ2v) is 14.5. The van der Waals surface area contributed by atoms with Crippen LogP contribution in [-0.2, 0) is 22.3 Å². The molecule has 3 aromatic carbocycles. The molecule has 0 saturated heterocycles. The van der Waals surface area contributed by atoms with Gasteiger partial charge in [0.2, 0.25) is 5.82 Å². The largest absolute Gasteiger partial charge is 0.453 e. The first-order chi connectivity index (χ1) is 21.3. The van der Waals surface area contributed by atoms with Gasteiger partial charge in [0.1, 0.15) is 11.6 Å². The van der Waals surface area contributed by atoms with Crippen molar-refractivity contribution in [3.05, 3.63) is 101 Å². The van der Waals surface area contributed by atoms with Crippen LogP contribution in [0.25, 0.3) is 28.4 Å². The number of halogens is 3. The van der Waals surface area contributed by atoms with Gasteiger partial charge in [0.25, 0.3) is 0 Å². The average molecular weight is 635 g/mol. The Morgan fingerprint density at radius 2 is 1.73 bits per heavy atom. The van der Waals surface area contributed by atoms with E-state index >= 15 is 13.2 Å². The maximum atomic E-state index is 15.6. The third-order valence-corrected chi connectivity index (χ3v) is 10.3. The third kappa shape index (κ3) is 5.77. The number of hydrogen-bond donors (Lipinski definition) is 1. The zero-order chi connectivity index (χ0) is 32.1. The van der Waals surface area contributed by atoms with Gasteiger partial charge < -0.3 is 9.72 Å². The van der Waals surface area contributed by atoms with Crippen molar-refractivity contribution >= 4 is 26.8 Å². The number of aromatic nitrogens is 4. The summed E-state index contributed by atoms with van der Waals surface area (Å²) < 4.78 is 80.3. The van der Waals surface area contributed by atoms with Gasteiger partial charge in [-0.1, -0.05) is 50.6 Å². The first-order valence-electron chi connectivity index (χ1n) is 14.6. The van der Waals surface area contributed by atoms with Gasteiger partial charge in [0.05, 0.1) is 22.2 Å². The molecule has 3 heterocycles. The van der Waals surface area contributed by atoms with Crippen LogP contribution in [-0.4, -0.2) is 33.9 Å². The minimum Gasteiger partial charge on any atom is -0.453 e. The molecule has 7 nitrogen and oxygen atoms in total. The molecule has 2 aromatic heterocycles. The van der Waals surface area contributed by atoms with Crippen molar-refractivity contribution in [1.82, 2.24) is 19.7 Å². The maximum absolute atomic E-state index is 15.6. The third-order valence-electron chi connectivity index (χ3n) is 8.52. The number of aryl methyl sites for hydroxylation is 1. The van der Waals surface area contributed by atoms with Crippen LogP contribution >= 0.6 is 0 Å². The highest BCUT2D eigenvalue weighted by Crippen LogP contribution is 2.41. The molecule has 1 N–H and O–H groups in total. The highest BCUT2D eigenvalue weighted by molar-refractivity contribution is 7.94. The van der Waals surface area contributed by atoms with E-state index in [0.717, 1.165) is 17.0 Å². The summed E-state index contributed by atoms with van der Waals surface area (Å²) in [6.45, 7) is 5.80. The van der Waals surface area contributed by atoms with Crippen molar-refractivity contribution in [2.45, 2.75) is 45.4 Å². The Bertz CT molecular complexity index is 2050. The lowest BCUT2D eigenvalue weighted by molar-refractivity contribution is 0.338. The quantitative estimate of drug-likeness (QED) is 0.201. The van der Waals surface area contributed by atoms with Crippen LogP contribution < -0.4 is 4.74 Å². The zero-order valence-corrected chi connectivity index (χ0v) is 26.2. The molecule has 0 aliphatic carbocycles. The molecule has 0 spiro atoms. The Kier molecular flexibility index (Phi) is 7.63. The number of ether oxygens (including phenoxy) is 1.